The molecule has 0 spiro atoms. The maximum Gasteiger partial charge on any atom is 0.409 e. The predicted molar refractivity (Wildman–Crippen MR) is 93.4 cm³/mol. The minimum Gasteiger partial charge on any atom is -0.453 e. The van der Waals surface area contributed by atoms with Gasteiger partial charge in [-0.2, -0.15) is 8.78 Å². The van der Waals surface area contributed by atoms with Crippen LogP contribution in [0.25, 0.3) is 0 Å². The summed E-state index contributed by atoms with van der Waals surface area (Å²) in [6.45, 7) is -2.03. The van der Waals surface area contributed by atoms with Crippen molar-refractivity contribution in [3.63, 3.8) is 0 Å². The Morgan fingerprint density at radius 1 is 1.37 bits per heavy atom. The lowest BCUT2D eigenvalue weighted by Crippen LogP contribution is -2.49. The molecule has 0 saturated carbocycles. The summed E-state index contributed by atoms with van der Waals surface area (Å²) in [4.78, 5) is 17.2. The van der Waals surface area contributed by atoms with Crippen LogP contribution in [0.15, 0.2) is 23.2 Å². The molecule has 2 N–H and O–H groups in total. The molecule has 1 aromatic rings. The van der Waals surface area contributed by atoms with E-state index >= 15 is 0 Å². The Bertz CT molecular complexity index is 665. The summed E-state index contributed by atoms with van der Waals surface area (Å²) in [5.41, 5.74) is -0.0127. The first-order chi connectivity index (χ1) is 12.9. The van der Waals surface area contributed by atoms with Gasteiger partial charge in [0, 0.05) is 38.3 Å². The minimum atomic E-state index is -3.04. The molecule has 1 saturated heterocycles. The second kappa shape index (κ2) is 9.89. The van der Waals surface area contributed by atoms with Crippen molar-refractivity contribution in [3.8, 4) is 5.75 Å². The topological polar surface area (TPSA) is 75.2 Å². The molecule has 1 aromatic carbocycles. The number of piperidine rings is 1. The number of ether oxygens (including phenoxy) is 2. The van der Waals surface area contributed by atoms with Crippen molar-refractivity contribution >= 4 is 12.1 Å². The molecule has 27 heavy (non-hydrogen) atoms. The highest BCUT2D eigenvalue weighted by atomic mass is 19.3. The van der Waals surface area contributed by atoms with Gasteiger partial charge in [0.1, 0.15) is 11.6 Å². The Labute approximate surface area is 155 Å². The summed E-state index contributed by atoms with van der Waals surface area (Å²) in [6.07, 6.45) is 1.02. The maximum atomic E-state index is 14.0. The molecule has 0 bridgehead atoms. The zero-order chi connectivity index (χ0) is 19.8. The Morgan fingerprint density at radius 2 is 2.07 bits per heavy atom. The number of hydrogen-bond acceptors (Lipinski definition) is 4. The van der Waals surface area contributed by atoms with Crippen LogP contribution in [-0.2, 0) is 11.3 Å². The number of amides is 1. The molecule has 1 fully saturated rings. The molecular formula is C17H23F3N4O3. The number of guanidine groups is 1. The third-order valence-corrected chi connectivity index (χ3v) is 4.22. The Balaban J connectivity index is 1.91. The molecule has 0 aliphatic carbocycles. The molecule has 2 rings (SSSR count). The van der Waals surface area contributed by atoms with E-state index in [1.54, 1.807) is 11.9 Å². The fourth-order valence-electron chi connectivity index (χ4n) is 2.81. The highest BCUT2D eigenvalue weighted by Gasteiger charge is 2.24. The second-order valence-electron chi connectivity index (χ2n) is 5.90. The van der Waals surface area contributed by atoms with Gasteiger partial charge in [-0.25, -0.2) is 9.18 Å². The largest absolute Gasteiger partial charge is 0.453 e. The summed E-state index contributed by atoms with van der Waals surface area (Å²) in [6, 6.07) is 3.83. The first kappa shape index (κ1) is 20.7. The van der Waals surface area contributed by atoms with Gasteiger partial charge in [-0.05, 0) is 25.0 Å². The summed E-state index contributed by atoms with van der Waals surface area (Å²) >= 11 is 0. The van der Waals surface area contributed by atoms with E-state index in [-0.39, 0.29) is 30.0 Å². The van der Waals surface area contributed by atoms with Crippen LogP contribution in [-0.4, -0.2) is 56.9 Å². The normalized spacial score (nSPS) is 15.6. The molecule has 0 unspecified atom stereocenters. The summed E-state index contributed by atoms with van der Waals surface area (Å²) in [5.74, 6) is -0.473. The quantitative estimate of drug-likeness (QED) is 0.598. The average molecular weight is 388 g/mol. The Morgan fingerprint density at radius 3 is 2.67 bits per heavy atom. The third-order valence-electron chi connectivity index (χ3n) is 4.22. The number of carbonyl (C=O) groups is 1. The lowest BCUT2D eigenvalue weighted by Gasteiger charge is -2.32. The number of nitrogens with zero attached hydrogens (tertiary/aromatic N) is 2. The number of rotatable bonds is 5. The van der Waals surface area contributed by atoms with Crippen molar-refractivity contribution in [2.45, 2.75) is 32.0 Å². The van der Waals surface area contributed by atoms with Gasteiger partial charge in [0.15, 0.2) is 5.96 Å². The van der Waals surface area contributed by atoms with Crippen LogP contribution < -0.4 is 15.4 Å². The smallest absolute Gasteiger partial charge is 0.409 e. The van der Waals surface area contributed by atoms with E-state index in [2.05, 4.69) is 20.4 Å². The fraction of sp³-hybridized carbons (Fsp3) is 0.529. The SMILES string of the molecule is CN=C(NCc1c(F)cccc1OC(F)F)NC1CCN(C(=O)OC)CC1. The van der Waals surface area contributed by atoms with Gasteiger partial charge < -0.3 is 25.0 Å². The van der Waals surface area contributed by atoms with Crippen molar-refractivity contribution in [3.05, 3.63) is 29.6 Å². The van der Waals surface area contributed by atoms with Crippen molar-refractivity contribution in [1.82, 2.24) is 15.5 Å². The van der Waals surface area contributed by atoms with Crippen molar-refractivity contribution in [2.75, 3.05) is 27.2 Å². The van der Waals surface area contributed by atoms with E-state index in [0.29, 0.717) is 31.9 Å². The van der Waals surface area contributed by atoms with Gasteiger partial charge in [-0.15, -0.1) is 0 Å². The molecule has 7 nitrogen and oxygen atoms in total. The molecule has 150 valence electrons. The zero-order valence-electron chi connectivity index (χ0n) is 15.2. The molecule has 0 aromatic heterocycles. The molecule has 0 radical (unpaired) electrons. The monoisotopic (exact) mass is 388 g/mol. The fourth-order valence-corrected chi connectivity index (χ4v) is 2.81. The van der Waals surface area contributed by atoms with Crippen LogP contribution in [0.3, 0.4) is 0 Å². The standard InChI is InChI=1S/C17H23F3N4O3/c1-21-16(23-11-6-8-24(9-7-11)17(25)26-2)22-10-12-13(18)4-3-5-14(12)27-15(19)20/h3-5,11,15H,6-10H2,1-2H3,(H2,21,22,23). The van der Waals surface area contributed by atoms with Crippen LogP contribution in [0.1, 0.15) is 18.4 Å². The van der Waals surface area contributed by atoms with E-state index in [1.165, 1.54) is 25.3 Å². The lowest BCUT2D eigenvalue weighted by atomic mass is 10.1. The van der Waals surface area contributed by atoms with Gasteiger partial charge in [-0.3, -0.25) is 4.99 Å². The molecule has 10 heteroatoms. The summed E-state index contributed by atoms with van der Waals surface area (Å²) in [7, 11) is 2.89. The van der Waals surface area contributed by atoms with Gasteiger partial charge in [0.05, 0.1) is 7.11 Å². The molecule has 1 aliphatic rings. The van der Waals surface area contributed by atoms with Crippen molar-refractivity contribution in [1.29, 1.82) is 0 Å². The maximum absolute atomic E-state index is 14.0. The van der Waals surface area contributed by atoms with E-state index in [1.807, 2.05) is 0 Å². The summed E-state index contributed by atoms with van der Waals surface area (Å²) < 4.78 is 48.0. The van der Waals surface area contributed by atoms with E-state index in [0.717, 1.165) is 0 Å². The van der Waals surface area contributed by atoms with E-state index < -0.39 is 12.4 Å². The van der Waals surface area contributed by atoms with Crippen LogP contribution in [0.2, 0.25) is 0 Å². The number of aliphatic imine (C=N–C) groups is 1. The number of carbonyl (C=O) groups excluding carboxylic acids is 1. The van der Waals surface area contributed by atoms with E-state index in [4.69, 9.17) is 4.74 Å². The van der Waals surface area contributed by atoms with Gasteiger partial charge in [0.2, 0.25) is 0 Å². The van der Waals surface area contributed by atoms with Crippen molar-refractivity contribution in [2.24, 2.45) is 4.99 Å². The van der Waals surface area contributed by atoms with Gasteiger partial charge in [-0.1, -0.05) is 6.07 Å². The Hall–Kier alpha value is -2.65. The number of halogens is 3. The lowest BCUT2D eigenvalue weighted by molar-refractivity contribution is -0.0506. The predicted octanol–water partition coefficient (Wildman–Crippen LogP) is 2.32. The van der Waals surface area contributed by atoms with Crippen LogP contribution >= 0.6 is 0 Å². The number of likely N-dealkylation sites (tertiary alicyclic amines) is 1. The number of alkyl halides is 2. The molecule has 1 heterocycles. The first-order valence-corrected chi connectivity index (χ1v) is 8.46. The highest BCUT2D eigenvalue weighted by Crippen LogP contribution is 2.23. The van der Waals surface area contributed by atoms with Crippen LogP contribution in [0.4, 0.5) is 18.0 Å². The summed E-state index contributed by atoms with van der Waals surface area (Å²) in [5, 5.41) is 6.08. The third kappa shape index (κ3) is 5.93. The zero-order valence-corrected chi connectivity index (χ0v) is 15.2. The minimum absolute atomic E-state index is 0.0127. The molecule has 0 atom stereocenters. The molecular weight excluding hydrogens is 365 g/mol. The Kier molecular flexibility index (Phi) is 7.56. The average Bonchev–Trinajstić information content (AvgIpc) is 2.66. The molecule has 1 amide bonds. The first-order valence-electron chi connectivity index (χ1n) is 8.46. The molecule has 1 aliphatic heterocycles. The highest BCUT2D eigenvalue weighted by molar-refractivity contribution is 5.80. The number of methoxy groups -OCH3 is 1. The number of nitrogens with one attached hydrogen (secondary N) is 2. The van der Waals surface area contributed by atoms with Gasteiger partial charge in [0.25, 0.3) is 0 Å². The number of benzene rings is 1. The van der Waals surface area contributed by atoms with Gasteiger partial charge >= 0.3 is 12.7 Å². The van der Waals surface area contributed by atoms with Crippen LogP contribution in [0.5, 0.6) is 5.75 Å². The second-order valence-corrected chi connectivity index (χ2v) is 5.90. The van der Waals surface area contributed by atoms with Crippen molar-refractivity contribution < 1.29 is 27.4 Å². The van der Waals surface area contributed by atoms with E-state index in [9.17, 15) is 18.0 Å². The number of hydrogen-bond donors (Lipinski definition) is 2. The van der Waals surface area contributed by atoms with Crippen LogP contribution in [0, 0.1) is 5.82 Å².